The summed E-state index contributed by atoms with van der Waals surface area (Å²) >= 11 is 0. The summed E-state index contributed by atoms with van der Waals surface area (Å²) in [4.78, 5) is 15.3. The predicted octanol–water partition coefficient (Wildman–Crippen LogP) is 2.01. The summed E-state index contributed by atoms with van der Waals surface area (Å²) < 4.78 is 6.86. The zero-order valence-corrected chi connectivity index (χ0v) is 12.0. The van der Waals surface area contributed by atoms with Crippen LogP contribution in [0.5, 0.6) is 0 Å². The maximum atomic E-state index is 10.7. The molecule has 1 aromatic heterocycles. The Labute approximate surface area is 117 Å². The molecule has 4 N–H and O–H groups in total. The Hall–Kier alpha value is -2.24. The van der Waals surface area contributed by atoms with Crippen LogP contribution >= 0.6 is 0 Å². The predicted molar refractivity (Wildman–Crippen MR) is 78.4 cm³/mol. The maximum absolute atomic E-state index is 10.7. The molecule has 0 saturated heterocycles. The van der Waals surface area contributed by atoms with Gasteiger partial charge in [0.1, 0.15) is 12.4 Å². The molecule has 0 fully saturated rings. The van der Waals surface area contributed by atoms with Crippen molar-refractivity contribution in [1.29, 1.82) is 0 Å². The Morgan fingerprint density at radius 3 is 2.70 bits per heavy atom. The number of fused-ring (bicyclic) bond motifs is 1. The minimum Gasteiger partial charge on any atom is -0.448 e. The number of imidazole rings is 1. The number of amides is 1. The molecular formula is C14H20N4O2. The first-order valence-corrected chi connectivity index (χ1v) is 6.47. The molecule has 6 heteroatoms. The third-order valence-corrected chi connectivity index (χ3v) is 3.00. The molecule has 0 saturated carbocycles. The van der Waals surface area contributed by atoms with E-state index in [0.29, 0.717) is 12.2 Å². The average Bonchev–Trinajstić information content (AvgIpc) is 2.66. The highest BCUT2D eigenvalue weighted by Gasteiger charge is 2.22. The lowest BCUT2D eigenvalue weighted by Gasteiger charge is -2.20. The van der Waals surface area contributed by atoms with Crippen molar-refractivity contribution in [3.8, 4) is 0 Å². The lowest BCUT2D eigenvalue weighted by Crippen LogP contribution is -2.22. The monoisotopic (exact) mass is 276 g/mol. The fourth-order valence-corrected chi connectivity index (χ4v) is 2.18. The van der Waals surface area contributed by atoms with Gasteiger partial charge in [0.05, 0.1) is 17.6 Å². The van der Waals surface area contributed by atoms with Gasteiger partial charge in [0.2, 0.25) is 0 Å². The largest absolute Gasteiger partial charge is 0.448 e. The summed E-state index contributed by atoms with van der Waals surface area (Å²) in [5.74, 6) is 0.922. The number of nitrogens with two attached hydrogens (primary N) is 2. The molecule has 0 aliphatic carbocycles. The molecule has 0 unspecified atom stereocenters. The van der Waals surface area contributed by atoms with E-state index < -0.39 is 6.09 Å². The molecule has 0 aliphatic rings. The van der Waals surface area contributed by atoms with E-state index >= 15 is 0 Å². The van der Waals surface area contributed by atoms with E-state index in [-0.39, 0.29) is 12.0 Å². The summed E-state index contributed by atoms with van der Waals surface area (Å²) in [7, 11) is 0. The highest BCUT2D eigenvalue weighted by atomic mass is 16.5. The van der Waals surface area contributed by atoms with Crippen molar-refractivity contribution < 1.29 is 9.53 Å². The van der Waals surface area contributed by atoms with Gasteiger partial charge in [-0.05, 0) is 18.2 Å². The number of aromatic nitrogens is 2. The second-order valence-corrected chi connectivity index (χ2v) is 5.75. The Balaban J connectivity index is 2.45. The molecule has 1 amide bonds. The molecule has 108 valence electrons. The Bertz CT molecular complexity index is 640. The Morgan fingerprint density at radius 1 is 1.40 bits per heavy atom. The molecule has 0 atom stereocenters. The van der Waals surface area contributed by atoms with Gasteiger partial charge in [0.15, 0.2) is 0 Å². The normalized spacial score (nSPS) is 11.8. The molecule has 1 heterocycles. The van der Waals surface area contributed by atoms with Gasteiger partial charge in [0, 0.05) is 11.1 Å². The van der Waals surface area contributed by atoms with Crippen molar-refractivity contribution in [3.63, 3.8) is 0 Å². The minimum absolute atomic E-state index is 0.124. The molecule has 0 bridgehead atoms. The number of benzene rings is 1. The fourth-order valence-electron chi connectivity index (χ4n) is 2.18. The number of anilines is 1. The van der Waals surface area contributed by atoms with Gasteiger partial charge in [0.25, 0.3) is 0 Å². The summed E-state index contributed by atoms with van der Waals surface area (Å²) in [5.41, 5.74) is 13.1. The first-order chi connectivity index (χ1) is 9.29. The van der Waals surface area contributed by atoms with Crippen LogP contribution in [0.15, 0.2) is 18.2 Å². The zero-order chi connectivity index (χ0) is 14.9. The van der Waals surface area contributed by atoms with Crippen molar-refractivity contribution in [1.82, 2.24) is 9.55 Å². The van der Waals surface area contributed by atoms with E-state index in [1.807, 2.05) is 22.8 Å². The van der Waals surface area contributed by atoms with E-state index in [9.17, 15) is 4.79 Å². The number of nitrogen functional groups attached to an aromatic ring is 1. The molecule has 2 aromatic rings. The van der Waals surface area contributed by atoms with Gasteiger partial charge >= 0.3 is 6.09 Å². The topological polar surface area (TPSA) is 96.2 Å². The maximum Gasteiger partial charge on any atom is 0.404 e. The van der Waals surface area contributed by atoms with Gasteiger partial charge in [-0.3, -0.25) is 0 Å². The van der Waals surface area contributed by atoms with Crippen LogP contribution in [0.1, 0.15) is 26.6 Å². The van der Waals surface area contributed by atoms with E-state index in [1.165, 1.54) is 0 Å². The lowest BCUT2D eigenvalue weighted by atomic mass is 9.95. The Morgan fingerprint density at radius 2 is 2.10 bits per heavy atom. The van der Waals surface area contributed by atoms with Crippen molar-refractivity contribution in [2.24, 2.45) is 5.73 Å². The third-order valence-electron chi connectivity index (χ3n) is 3.00. The van der Waals surface area contributed by atoms with Crippen LogP contribution in [0.25, 0.3) is 11.0 Å². The van der Waals surface area contributed by atoms with Crippen LogP contribution in [-0.2, 0) is 16.7 Å². The number of nitrogens with zero attached hydrogens (tertiary/aromatic N) is 2. The SMILES string of the molecule is CC(C)(C)c1nc2cc(N)ccc2n1CCOC(N)=O. The van der Waals surface area contributed by atoms with Crippen LogP contribution < -0.4 is 11.5 Å². The average molecular weight is 276 g/mol. The number of carbonyl (C=O) groups is 1. The smallest absolute Gasteiger partial charge is 0.404 e. The number of primary amides is 1. The molecule has 0 spiro atoms. The lowest BCUT2D eigenvalue weighted by molar-refractivity contribution is 0.152. The molecule has 2 rings (SSSR count). The van der Waals surface area contributed by atoms with Crippen molar-refractivity contribution >= 4 is 22.8 Å². The van der Waals surface area contributed by atoms with Gasteiger partial charge in [-0.1, -0.05) is 20.8 Å². The van der Waals surface area contributed by atoms with E-state index in [2.05, 4.69) is 25.8 Å². The van der Waals surface area contributed by atoms with Crippen molar-refractivity contribution in [2.45, 2.75) is 32.7 Å². The van der Waals surface area contributed by atoms with E-state index in [0.717, 1.165) is 16.9 Å². The fraction of sp³-hybridized carbons (Fsp3) is 0.429. The molecule has 20 heavy (non-hydrogen) atoms. The minimum atomic E-state index is -0.768. The summed E-state index contributed by atoms with van der Waals surface area (Å²) in [5, 5.41) is 0. The van der Waals surface area contributed by atoms with Gasteiger partial charge < -0.3 is 20.8 Å². The molecule has 6 nitrogen and oxygen atoms in total. The van der Waals surface area contributed by atoms with Crippen LogP contribution in [0, 0.1) is 0 Å². The van der Waals surface area contributed by atoms with Crippen molar-refractivity contribution in [3.05, 3.63) is 24.0 Å². The van der Waals surface area contributed by atoms with E-state index in [4.69, 9.17) is 16.2 Å². The Kier molecular flexibility index (Phi) is 3.57. The van der Waals surface area contributed by atoms with Gasteiger partial charge in [-0.25, -0.2) is 9.78 Å². The van der Waals surface area contributed by atoms with Crippen molar-refractivity contribution in [2.75, 3.05) is 12.3 Å². The number of rotatable bonds is 3. The second kappa shape index (κ2) is 5.03. The summed E-state index contributed by atoms with van der Waals surface area (Å²) in [6, 6.07) is 5.61. The number of hydrogen-bond acceptors (Lipinski definition) is 4. The van der Waals surface area contributed by atoms with Crippen LogP contribution in [0.3, 0.4) is 0 Å². The number of ether oxygens (including phenoxy) is 1. The molecule has 0 radical (unpaired) electrons. The number of carbonyl (C=O) groups excluding carboxylic acids is 1. The summed E-state index contributed by atoms with van der Waals surface area (Å²) in [6.45, 7) is 6.99. The van der Waals surface area contributed by atoms with Crippen LogP contribution in [0.2, 0.25) is 0 Å². The van der Waals surface area contributed by atoms with Gasteiger partial charge in [-0.2, -0.15) is 0 Å². The van der Waals surface area contributed by atoms with E-state index in [1.54, 1.807) is 0 Å². The van der Waals surface area contributed by atoms with Crippen LogP contribution in [0.4, 0.5) is 10.5 Å². The third kappa shape index (κ3) is 2.84. The molecular weight excluding hydrogens is 256 g/mol. The molecule has 0 aliphatic heterocycles. The highest BCUT2D eigenvalue weighted by molar-refractivity contribution is 5.80. The first-order valence-electron chi connectivity index (χ1n) is 6.47. The second-order valence-electron chi connectivity index (χ2n) is 5.75. The standard InChI is InChI=1S/C14H20N4O2/c1-14(2,3)12-17-10-8-9(15)4-5-11(10)18(12)6-7-20-13(16)19/h4-5,8H,6-7,15H2,1-3H3,(H2,16,19). The first kappa shape index (κ1) is 14.2. The van der Waals surface area contributed by atoms with Gasteiger partial charge in [-0.15, -0.1) is 0 Å². The molecule has 1 aromatic carbocycles. The summed E-state index contributed by atoms with van der Waals surface area (Å²) in [6.07, 6.45) is -0.768. The quantitative estimate of drug-likeness (QED) is 0.838. The number of hydrogen-bond donors (Lipinski definition) is 2. The van der Waals surface area contributed by atoms with Crippen LogP contribution in [-0.4, -0.2) is 22.3 Å². The highest BCUT2D eigenvalue weighted by Crippen LogP contribution is 2.27. The zero-order valence-electron chi connectivity index (χ0n) is 12.0.